The molecule has 1 aromatic rings. The minimum atomic E-state index is -0.909. The van der Waals surface area contributed by atoms with Gasteiger partial charge < -0.3 is 9.52 Å². The number of oxazole rings is 1. The first-order valence-corrected chi connectivity index (χ1v) is 6.58. The molecule has 1 heterocycles. The average Bonchev–Trinajstić information content (AvgIpc) is 2.61. The summed E-state index contributed by atoms with van der Waals surface area (Å²) in [7, 11) is 0. The molecule has 0 aromatic carbocycles. The molecule has 3 heteroatoms. The number of hydrogen-bond donors (Lipinski definition) is 1. The Balaban J connectivity index is 2.18. The summed E-state index contributed by atoms with van der Waals surface area (Å²) >= 11 is 0. The van der Waals surface area contributed by atoms with Crippen LogP contribution in [0.1, 0.15) is 69.7 Å². The van der Waals surface area contributed by atoms with Gasteiger partial charge in [-0.25, -0.2) is 4.98 Å². The molecular formula is C14H23NO2. The molecule has 3 nitrogen and oxygen atoms in total. The third kappa shape index (κ3) is 2.71. The third-order valence-electron chi connectivity index (χ3n) is 3.76. The van der Waals surface area contributed by atoms with Gasteiger partial charge in [0.25, 0.3) is 0 Å². The zero-order valence-electron chi connectivity index (χ0n) is 11.3. The predicted molar refractivity (Wildman–Crippen MR) is 66.9 cm³/mol. The fourth-order valence-corrected chi connectivity index (χ4v) is 2.67. The van der Waals surface area contributed by atoms with Crippen LogP contribution in [0.15, 0.2) is 4.42 Å². The number of hydrogen-bond acceptors (Lipinski definition) is 3. The Labute approximate surface area is 103 Å². The monoisotopic (exact) mass is 237 g/mol. The van der Waals surface area contributed by atoms with Crippen LogP contribution in [0.3, 0.4) is 0 Å². The minimum absolute atomic E-state index is 0.445. The summed E-state index contributed by atoms with van der Waals surface area (Å²) < 4.78 is 5.74. The van der Waals surface area contributed by atoms with E-state index < -0.39 is 5.60 Å². The number of nitrogens with zero attached hydrogens (tertiary/aromatic N) is 1. The second-order valence-corrected chi connectivity index (χ2v) is 5.97. The van der Waals surface area contributed by atoms with Crippen LogP contribution >= 0.6 is 0 Å². The minimum Gasteiger partial charge on any atom is -0.445 e. The number of aromatic nitrogens is 1. The first-order valence-electron chi connectivity index (χ1n) is 6.58. The first kappa shape index (κ1) is 12.6. The maximum Gasteiger partial charge on any atom is 0.197 e. The second kappa shape index (κ2) is 4.45. The molecule has 1 fully saturated rings. The lowest BCUT2D eigenvalue weighted by Crippen LogP contribution is -2.18. The van der Waals surface area contributed by atoms with Crippen LogP contribution < -0.4 is 0 Å². The maximum absolute atomic E-state index is 10.0. The van der Waals surface area contributed by atoms with Crippen LogP contribution in [0.25, 0.3) is 0 Å². The van der Waals surface area contributed by atoms with Crippen LogP contribution in [-0.4, -0.2) is 10.1 Å². The quantitative estimate of drug-likeness (QED) is 0.856. The van der Waals surface area contributed by atoms with E-state index in [0.717, 1.165) is 30.4 Å². The fourth-order valence-electron chi connectivity index (χ4n) is 2.67. The lowest BCUT2D eigenvalue weighted by Gasteiger charge is -2.23. The van der Waals surface area contributed by atoms with Gasteiger partial charge in [-0.1, -0.05) is 6.92 Å². The van der Waals surface area contributed by atoms with E-state index in [1.54, 1.807) is 13.8 Å². The zero-order valence-corrected chi connectivity index (χ0v) is 11.3. The molecule has 0 spiro atoms. The number of aliphatic hydroxyl groups is 1. The summed E-state index contributed by atoms with van der Waals surface area (Å²) in [5.74, 6) is 2.86. The Morgan fingerprint density at radius 3 is 2.29 bits per heavy atom. The van der Waals surface area contributed by atoms with Gasteiger partial charge in [-0.05, 0) is 52.4 Å². The molecule has 1 aliphatic carbocycles. The van der Waals surface area contributed by atoms with Gasteiger partial charge in [0.15, 0.2) is 5.89 Å². The van der Waals surface area contributed by atoms with E-state index in [0.29, 0.717) is 11.6 Å². The van der Waals surface area contributed by atoms with Crippen molar-refractivity contribution in [1.29, 1.82) is 0 Å². The molecule has 96 valence electrons. The standard InChI is InChI=1S/C14H23NO2/c1-9-5-7-11(8-6-9)13-15-12(10(2)17-13)14(3,4)16/h9,11,16H,5-8H2,1-4H3/t9-,11-. The Morgan fingerprint density at radius 1 is 1.24 bits per heavy atom. The molecule has 0 unspecified atom stereocenters. The maximum atomic E-state index is 10.0. The molecule has 2 rings (SSSR count). The van der Waals surface area contributed by atoms with Crippen molar-refractivity contribution in [1.82, 2.24) is 4.98 Å². The van der Waals surface area contributed by atoms with Gasteiger partial charge >= 0.3 is 0 Å². The van der Waals surface area contributed by atoms with Crippen molar-refractivity contribution in [3.8, 4) is 0 Å². The Hall–Kier alpha value is -0.830. The summed E-state index contributed by atoms with van der Waals surface area (Å²) in [6.45, 7) is 7.70. The lowest BCUT2D eigenvalue weighted by molar-refractivity contribution is 0.0728. The molecule has 0 saturated heterocycles. The molecule has 0 atom stereocenters. The Bertz CT molecular complexity index is 381. The molecule has 0 bridgehead atoms. The predicted octanol–water partition coefficient (Wildman–Crippen LogP) is 3.50. The van der Waals surface area contributed by atoms with Crippen molar-refractivity contribution < 1.29 is 9.52 Å². The van der Waals surface area contributed by atoms with Gasteiger partial charge in [-0.15, -0.1) is 0 Å². The van der Waals surface area contributed by atoms with Gasteiger partial charge in [-0.2, -0.15) is 0 Å². The van der Waals surface area contributed by atoms with Crippen molar-refractivity contribution in [2.75, 3.05) is 0 Å². The highest BCUT2D eigenvalue weighted by atomic mass is 16.4. The summed E-state index contributed by atoms with van der Waals surface area (Å²) in [5.41, 5.74) is -0.223. The highest BCUT2D eigenvalue weighted by Crippen LogP contribution is 2.36. The van der Waals surface area contributed by atoms with Gasteiger partial charge in [-0.3, -0.25) is 0 Å². The van der Waals surface area contributed by atoms with Crippen molar-refractivity contribution in [2.45, 2.75) is 64.9 Å². The summed E-state index contributed by atoms with van der Waals surface area (Å²) in [5, 5.41) is 10.0. The normalized spacial score (nSPS) is 26.2. The number of rotatable bonds is 2. The van der Waals surface area contributed by atoms with E-state index in [1.165, 1.54) is 12.8 Å². The van der Waals surface area contributed by atoms with Crippen LogP contribution in [0.2, 0.25) is 0 Å². The molecular weight excluding hydrogens is 214 g/mol. The van der Waals surface area contributed by atoms with Gasteiger partial charge in [0.2, 0.25) is 0 Å². The lowest BCUT2D eigenvalue weighted by atomic mass is 9.83. The molecule has 17 heavy (non-hydrogen) atoms. The molecule has 0 amide bonds. The van der Waals surface area contributed by atoms with E-state index in [4.69, 9.17) is 4.42 Å². The first-order chi connectivity index (χ1) is 7.88. The van der Waals surface area contributed by atoms with E-state index in [9.17, 15) is 5.11 Å². The molecule has 1 aromatic heterocycles. The van der Waals surface area contributed by atoms with Crippen LogP contribution in [-0.2, 0) is 5.60 Å². The van der Waals surface area contributed by atoms with Crippen LogP contribution in [0.5, 0.6) is 0 Å². The fraction of sp³-hybridized carbons (Fsp3) is 0.786. The molecule has 1 aliphatic rings. The molecule has 0 radical (unpaired) electrons. The topological polar surface area (TPSA) is 46.3 Å². The van der Waals surface area contributed by atoms with Gasteiger partial charge in [0, 0.05) is 5.92 Å². The summed E-state index contributed by atoms with van der Waals surface area (Å²) in [6, 6.07) is 0. The average molecular weight is 237 g/mol. The second-order valence-electron chi connectivity index (χ2n) is 5.97. The van der Waals surface area contributed by atoms with E-state index in [2.05, 4.69) is 11.9 Å². The molecule has 1 N–H and O–H groups in total. The van der Waals surface area contributed by atoms with Gasteiger partial charge in [0.1, 0.15) is 17.1 Å². The molecule has 1 saturated carbocycles. The highest BCUT2D eigenvalue weighted by Gasteiger charge is 2.29. The Kier molecular flexibility index (Phi) is 3.30. The SMILES string of the molecule is Cc1oc([C@H]2CC[C@H](C)CC2)nc1C(C)(C)O. The largest absolute Gasteiger partial charge is 0.445 e. The van der Waals surface area contributed by atoms with E-state index in [1.807, 2.05) is 6.92 Å². The van der Waals surface area contributed by atoms with Crippen molar-refractivity contribution in [3.63, 3.8) is 0 Å². The van der Waals surface area contributed by atoms with Gasteiger partial charge in [0.05, 0.1) is 0 Å². The van der Waals surface area contributed by atoms with Crippen molar-refractivity contribution >= 4 is 0 Å². The third-order valence-corrected chi connectivity index (χ3v) is 3.76. The van der Waals surface area contributed by atoms with Crippen LogP contribution in [0.4, 0.5) is 0 Å². The van der Waals surface area contributed by atoms with Crippen molar-refractivity contribution in [3.05, 3.63) is 17.3 Å². The van der Waals surface area contributed by atoms with Crippen LogP contribution in [0, 0.1) is 12.8 Å². The zero-order chi connectivity index (χ0) is 12.6. The smallest absolute Gasteiger partial charge is 0.197 e. The Morgan fingerprint density at radius 2 is 1.82 bits per heavy atom. The number of aryl methyl sites for hydroxylation is 1. The van der Waals surface area contributed by atoms with E-state index in [-0.39, 0.29) is 0 Å². The van der Waals surface area contributed by atoms with E-state index >= 15 is 0 Å². The summed E-state index contributed by atoms with van der Waals surface area (Å²) in [6.07, 6.45) is 4.83. The van der Waals surface area contributed by atoms with Crippen molar-refractivity contribution in [2.24, 2.45) is 5.92 Å². The molecule has 0 aliphatic heterocycles. The highest BCUT2D eigenvalue weighted by molar-refractivity contribution is 5.16. The summed E-state index contributed by atoms with van der Waals surface area (Å²) in [4.78, 5) is 4.51.